The fourth-order valence-electron chi connectivity index (χ4n) is 0.993. The second kappa shape index (κ2) is 5.38. The van der Waals surface area contributed by atoms with Gasteiger partial charge in [0.25, 0.3) is 0 Å². The van der Waals surface area contributed by atoms with Crippen molar-refractivity contribution < 1.29 is 18.3 Å². The van der Waals surface area contributed by atoms with E-state index in [-0.39, 0.29) is 11.6 Å². The van der Waals surface area contributed by atoms with Gasteiger partial charge in [-0.25, -0.2) is 0 Å². The molecule has 0 spiro atoms. The Kier molecular flexibility index (Phi) is 4.15. The first kappa shape index (κ1) is 12.3. The summed E-state index contributed by atoms with van der Waals surface area (Å²) in [5, 5.41) is 8.70. The predicted molar refractivity (Wildman–Crippen MR) is 54.5 cm³/mol. The van der Waals surface area contributed by atoms with Gasteiger partial charge in [0.15, 0.2) is 0 Å². The summed E-state index contributed by atoms with van der Waals surface area (Å²) in [5.74, 6) is 4.82. The third-order valence-electron chi connectivity index (χ3n) is 1.65. The minimum Gasteiger partial charge on any atom is -0.391 e. The van der Waals surface area contributed by atoms with Crippen molar-refractivity contribution in [3.8, 4) is 11.8 Å². The number of aliphatic hydroxyl groups is 1. The molecule has 0 amide bonds. The lowest BCUT2D eigenvalue weighted by Crippen LogP contribution is -2.04. The number of rotatable bonds is 1. The van der Waals surface area contributed by atoms with E-state index < -0.39 is 12.8 Å². The molecule has 16 heavy (non-hydrogen) atoms. The molecule has 0 radical (unpaired) electrons. The molecule has 0 atom stereocenters. The van der Waals surface area contributed by atoms with Crippen molar-refractivity contribution >= 4 is 0 Å². The Hall–Kier alpha value is -1.73. The number of alkyl halides is 3. The minimum atomic E-state index is -4.45. The molecule has 1 rings (SSSR count). The molecule has 0 unspecified atom stereocenters. The second-order valence-electron chi connectivity index (χ2n) is 2.99. The monoisotopic (exact) mass is 226 g/mol. The highest BCUT2D eigenvalue weighted by molar-refractivity contribution is 5.40. The molecule has 0 aromatic heterocycles. The molecule has 1 aromatic rings. The smallest absolute Gasteiger partial charge is 0.391 e. The first-order valence-electron chi connectivity index (χ1n) is 4.47. The van der Waals surface area contributed by atoms with Crippen LogP contribution in [0.2, 0.25) is 0 Å². The van der Waals surface area contributed by atoms with Crippen LogP contribution >= 0.6 is 0 Å². The number of allylic oxidation sites excluding steroid dienone is 1. The largest absolute Gasteiger partial charge is 0.410 e. The van der Waals surface area contributed by atoms with E-state index in [0.717, 1.165) is 0 Å². The normalized spacial score (nSPS) is 11.9. The molecule has 1 nitrogen and oxygen atoms in total. The third kappa shape index (κ3) is 4.67. The van der Waals surface area contributed by atoms with Crippen molar-refractivity contribution in [3.05, 3.63) is 47.5 Å². The number of benzene rings is 1. The van der Waals surface area contributed by atoms with Crippen LogP contribution in [0.1, 0.15) is 5.56 Å². The Labute approximate surface area is 91.2 Å². The van der Waals surface area contributed by atoms with Crippen LogP contribution in [0, 0.1) is 11.8 Å². The van der Waals surface area contributed by atoms with Crippen LogP contribution in [0.3, 0.4) is 0 Å². The lowest BCUT2D eigenvalue weighted by molar-refractivity contribution is -0.0806. The minimum absolute atomic E-state index is 0.00292. The van der Waals surface area contributed by atoms with Crippen LogP contribution in [0.4, 0.5) is 13.2 Å². The van der Waals surface area contributed by atoms with Crippen LogP contribution in [-0.4, -0.2) is 17.9 Å². The van der Waals surface area contributed by atoms with E-state index in [9.17, 15) is 13.2 Å². The van der Waals surface area contributed by atoms with Gasteiger partial charge in [-0.05, 0) is 12.1 Å². The Balaban J connectivity index is 2.87. The lowest BCUT2D eigenvalue weighted by Gasteiger charge is -1.99. The SMILES string of the molecule is OC/C(C#Cc1ccccc1)=C/C(F)(F)F. The summed E-state index contributed by atoms with van der Waals surface area (Å²) in [4.78, 5) is 0. The lowest BCUT2D eigenvalue weighted by atomic mass is 10.2. The molecule has 0 aliphatic heterocycles. The van der Waals surface area contributed by atoms with Gasteiger partial charge in [0.05, 0.1) is 6.61 Å². The summed E-state index contributed by atoms with van der Waals surface area (Å²) < 4.78 is 35.9. The van der Waals surface area contributed by atoms with Crippen LogP contribution < -0.4 is 0 Å². The Morgan fingerprint density at radius 1 is 1.25 bits per heavy atom. The highest BCUT2D eigenvalue weighted by Crippen LogP contribution is 2.18. The highest BCUT2D eigenvalue weighted by Gasteiger charge is 2.23. The topological polar surface area (TPSA) is 20.2 Å². The first-order chi connectivity index (χ1) is 7.51. The average Bonchev–Trinajstić information content (AvgIpc) is 2.24. The van der Waals surface area contributed by atoms with E-state index in [2.05, 4.69) is 11.8 Å². The molecule has 0 aliphatic carbocycles. The summed E-state index contributed by atoms with van der Waals surface area (Å²) in [7, 11) is 0. The molecular formula is C12H9F3O. The molecule has 0 aliphatic rings. The van der Waals surface area contributed by atoms with E-state index in [1.165, 1.54) is 0 Å². The van der Waals surface area contributed by atoms with Crippen LogP contribution in [0.25, 0.3) is 0 Å². The van der Waals surface area contributed by atoms with Crippen molar-refractivity contribution in [1.82, 2.24) is 0 Å². The molecule has 1 N–H and O–H groups in total. The zero-order valence-electron chi connectivity index (χ0n) is 8.25. The average molecular weight is 226 g/mol. The maximum Gasteiger partial charge on any atom is 0.410 e. The molecule has 0 bridgehead atoms. The number of aliphatic hydroxyl groups excluding tert-OH is 1. The van der Waals surface area contributed by atoms with Crippen LogP contribution in [0.5, 0.6) is 0 Å². The molecule has 0 saturated carbocycles. The van der Waals surface area contributed by atoms with Crippen LogP contribution in [0.15, 0.2) is 42.0 Å². The second-order valence-corrected chi connectivity index (χ2v) is 2.99. The molecule has 0 fully saturated rings. The van der Waals surface area contributed by atoms with Gasteiger partial charge in [-0.15, -0.1) is 0 Å². The fourth-order valence-corrected chi connectivity index (χ4v) is 0.993. The first-order valence-corrected chi connectivity index (χ1v) is 4.47. The standard InChI is InChI=1S/C12H9F3O/c13-12(14,15)8-11(9-16)7-6-10-4-2-1-3-5-10/h1-5,8,16H,9H2/b11-8+. The molecular weight excluding hydrogens is 217 g/mol. The molecule has 0 heterocycles. The van der Waals surface area contributed by atoms with Gasteiger partial charge in [0, 0.05) is 17.2 Å². The van der Waals surface area contributed by atoms with Gasteiger partial charge in [-0.2, -0.15) is 13.2 Å². The predicted octanol–water partition coefficient (Wildman–Crippen LogP) is 2.52. The summed E-state index contributed by atoms with van der Waals surface area (Å²) in [6, 6.07) is 8.60. The Bertz CT molecular complexity index is 421. The fraction of sp³-hybridized carbons (Fsp3) is 0.167. The molecule has 1 aromatic carbocycles. The van der Waals surface area contributed by atoms with Crippen molar-refractivity contribution in [2.24, 2.45) is 0 Å². The van der Waals surface area contributed by atoms with Gasteiger partial charge < -0.3 is 5.11 Å². The van der Waals surface area contributed by atoms with E-state index in [1.54, 1.807) is 30.3 Å². The molecule has 84 valence electrons. The molecule has 0 saturated heterocycles. The number of halogens is 3. The Morgan fingerprint density at radius 2 is 1.88 bits per heavy atom. The van der Waals surface area contributed by atoms with Crippen molar-refractivity contribution in [3.63, 3.8) is 0 Å². The van der Waals surface area contributed by atoms with Gasteiger partial charge in [0.2, 0.25) is 0 Å². The summed E-state index contributed by atoms with van der Waals surface area (Å²) >= 11 is 0. The van der Waals surface area contributed by atoms with Crippen molar-refractivity contribution in [1.29, 1.82) is 0 Å². The highest BCUT2D eigenvalue weighted by atomic mass is 19.4. The van der Waals surface area contributed by atoms with Gasteiger partial charge in [-0.1, -0.05) is 30.0 Å². The van der Waals surface area contributed by atoms with E-state index in [0.29, 0.717) is 5.56 Å². The van der Waals surface area contributed by atoms with Crippen molar-refractivity contribution in [2.45, 2.75) is 6.18 Å². The maximum absolute atomic E-state index is 12.0. The Morgan fingerprint density at radius 3 is 2.38 bits per heavy atom. The van der Waals surface area contributed by atoms with Gasteiger partial charge in [0.1, 0.15) is 0 Å². The summed E-state index contributed by atoms with van der Waals surface area (Å²) in [6.45, 7) is -0.723. The zero-order valence-corrected chi connectivity index (χ0v) is 8.25. The van der Waals surface area contributed by atoms with E-state index in [4.69, 9.17) is 5.11 Å². The van der Waals surface area contributed by atoms with E-state index in [1.807, 2.05) is 0 Å². The number of hydrogen-bond donors (Lipinski definition) is 1. The van der Waals surface area contributed by atoms with Crippen molar-refractivity contribution in [2.75, 3.05) is 6.61 Å². The maximum atomic E-state index is 12.0. The van der Waals surface area contributed by atoms with E-state index >= 15 is 0 Å². The van der Waals surface area contributed by atoms with Crippen LogP contribution in [-0.2, 0) is 0 Å². The summed E-state index contributed by atoms with van der Waals surface area (Å²) in [6.07, 6.45) is -4.45. The quantitative estimate of drug-likeness (QED) is 0.729. The zero-order chi connectivity index (χ0) is 12.0. The van der Waals surface area contributed by atoms with Gasteiger partial charge in [-0.3, -0.25) is 0 Å². The van der Waals surface area contributed by atoms with Gasteiger partial charge >= 0.3 is 6.18 Å². The third-order valence-corrected chi connectivity index (χ3v) is 1.65. The number of hydrogen-bond acceptors (Lipinski definition) is 1. The summed E-state index contributed by atoms with van der Waals surface area (Å²) in [5.41, 5.74) is 0.250. The molecule has 4 heteroatoms.